The predicted molar refractivity (Wildman–Crippen MR) is 50.2 cm³/mol. The van der Waals surface area contributed by atoms with E-state index in [-0.39, 0.29) is 5.56 Å². The minimum atomic E-state index is -0.968. The number of hydrogen-bond donors (Lipinski definition) is 2. The van der Waals surface area contributed by atoms with Gasteiger partial charge < -0.3 is 14.5 Å². The molecule has 2 aromatic heterocycles. The maximum absolute atomic E-state index is 10.7. The first kappa shape index (κ1) is 8.62. The number of H-pyrrole nitrogens is 1. The number of furan rings is 1. The van der Waals surface area contributed by atoms with Crippen LogP contribution in [0, 0.1) is 6.92 Å². The van der Waals surface area contributed by atoms with Gasteiger partial charge in [-0.25, -0.2) is 4.79 Å². The van der Waals surface area contributed by atoms with Crippen LogP contribution in [0.1, 0.15) is 16.1 Å². The van der Waals surface area contributed by atoms with Crippen LogP contribution in [0.3, 0.4) is 0 Å². The van der Waals surface area contributed by atoms with Crippen molar-refractivity contribution in [2.45, 2.75) is 6.92 Å². The van der Waals surface area contributed by atoms with Gasteiger partial charge in [0, 0.05) is 12.3 Å². The quantitative estimate of drug-likeness (QED) is 0.765. The molecule has 2 heterocycles. The van der Waals surface area contributed by atoms with Crippen molar-refractivity contribution in [3.05, 3.63) is 35.7 Å². The van der Waals surface area contributed by atoms with Gasteiger partial charge in [-0.2, -0.15) is 0 Å². The Morgan fingerprint density at radius 3 is 2.86 bits per heavy atom. The van der Waals surface area contributed by atoms with E-state index in [2.05, 4.69) is 4.98 Å². The highest BCUT2D eigenvalue weighted by atomic mass is 16.4. The Hall–Kier alpha value is -1.97. The molecule has 0 saturated heterocycles. The molecule has 0 aliphatic heterocycles. The summed E-state index contributed by atoms with van der Waals surface area (Å²) in [5.74, 6) is -0.00365. The van der Waals surface area contributed by atoms with Crippen LogP contribution in [0.15, 0.2) is 28.8 Å². The summed E-state index contributed by atoms with van der Waals surface area (Å²) in [6.07, 6.45) is 1.76. The molecule has 0 aliphatic rings. The molecule has 0 spiro atoms. The SMILES string of the molecule is Cc1oc(-c2ccc[nH]2)cc1C(=O)O. The molecule has 0 aliphatic carbocycles. The summed E-state index contributed by atoms with van der Waals surface area (Å²) < 4.78 is 5.31. The van der Waals surface area contributed by atoms with Crippen LogP contribution < -0.4 is 0 Å². The molecule has 2 aromatic rings. The van der Waals surface area contributed by atoms with Crippen LogP contribution in [-0.4, -0.2) is 16.1 Å². The molecular weight excluding hydrogens is 182 g/mol. The lowest BCUT2D eigenvalue weighted by Gasteiger charge is -1.88. The zero-order chi connectivity index (χ0) is 10.1. The van der Waals surface area contributed by atoms with Gasteiger partial charge in [0.25, 0.3) is 0 Å². The van der Waals surface area contributed by atoms with Gasteiger partial charge in [0.1, 0.15) is 11.3 Å². The first-order valence-electron chi connectivity index (χ1n) is 4.16. The normalized spacial score (nSPS) is 10.4. The number of aryl methyl sites for hydroxylation is 1. The molecule has 0 fully saturated rings. The Morgan fingerprint density at radius 2 is 2.36 bits per heavy atom. The first-order chi connectivity index (χ1) is 6.68. The van der Waals surface area contributed by atoms with Crippen molar-refractivity contribution in [1.29, 1.82) is 0 Å². The van der Waals surface area contributed by atoms with Gasteiger partial charge in [-0.3, -0.25) is 0 Å². The molecule has 0 atom stereocenters. The molecule has 0 radical (unpaired) electrons. The molecule has 0 saturated carbocycles. The van der Waals surface area contributed by atoms with Gasteiger partial charge >= 0.3 is 5.97 Å². The van der Waals surface area contributed by atoms with Crippen LogP contribution in [0.2, 0.25) is 0 Å². The first-order valence-corrected chi connectivity index (χ1v) is 4.16. The number of carbonyl (C=O) groups is 1. The van der Waals surface area contributed by atoms with Crippen molar-refractivity contribution in [3.63, 3.8) is 0 Å². The fourth-order valence-electron chi connectivity index (χ4n) is 1.31. The number of aromatic carboxylic acids is 1. The number of nitrogens with one attached hydrogen (secondary N) is 1. The third-order valence-corrected chi connectivity index (χ3v) is 2.01. The van der Waals surface area contributed by atoms with Crippen LogP contribution in [0.25, 0.3) is 11.5 Å². The molecule has 0 amide bonds. The second-order valence-corrected chi connectivity index (χ2v) is 2.97. The standard InChI is InChI=1S/C10H9NO3/c1-6-7(10(12)13)5-9(14-6)8-3-2-4-11-8/h2-5,11H,1H3,(H,12,13). The summed E-state index contributed by atoms with van der Waals surface area (Å²) in [6.45, 7) is 1.63. The van der Waals surface area contributed by atoms with E-state index in [0.717, 1.165) is 5.69 Å². The van der Waals surface area contributed by atoms with Gasteiger partial charge in [-0.05, 0) is 19.1 Å². The maximum Gasteiger partial charge on any atom is 0.339 e. The lowest BCUT2D eigenvalue weighted by Crippen LogP contribution is -1.94. The Balaban J connectivity index is 2.48. The molecule has 4 heteroatoms. The Morgan fingerprint density at radius 1 is 1.57 bits per heavy atom. The predicted octanol–water partition coefficient (Wildman–Crippen LogP) is 2.28. The second-order valence-electron chi connectivity index (χ2n) is 2.97. The second kappa shape index (κ2) is 3.06. The van der Waals surface area contributed by atoms with E-state index in [0.29, 0.717) is 11.5 Å². The molecule has 0 aromatic carbocycles. The Bertz CT molecular complexity index is 454. The highest BCUT2D eigenvalue weighted by Gasteiger charge is 2.14. The van der Waals surface area contributed by atoms with Crippen LogP contribution in [-0.2, 0) is 0 Å². The molecule has 4 nitrogen and oxygen atoms in total. The summed E-state index contributed by atoms with van der Waals surface area (Å²) in [5, 5.41) is 8.81. The van der Waals surface area contributed by atoms with Crippen molar-refractivity contribution >= 4 is 5.97 Å². The Labute approximate surface area is 80.2 Å². The minimum absolute atomic E-state index is 0.203. The smallest absolute Gasteiger partial charge is 0.339 e. The summed E-state index contributed by atoms with van der Waals surface area (Å²) >= 11 is 0. The van der Waals surface area contributed by atoms with E-state index < -0.39 is 5.97 Å². The third kappa shape index (κ3) is 1.31. The van der Waals surface area contributed by atoms with Crippen LogP contribution in [0.5, 0.6) is 0 Å². The van der Waals surface area contributed by atoms with E-state index in [9.17, 15) is 4.79 Å². The number of hydrogen-bond acceptors (Lipinski definition) is 2. The Kier molecular flexibility index (Phi) is 1.89. The van der Waals surface area contributed by atoms with Gasteiger partial charge in [0.15, 0.2) is 5.76 Å². The van der Waals surface area contributed by atoms with E-state index in [1.54, 1.807) is 13.1 Å². The third-order valence-electron chi connectivity index (χ3n) is 2.01. The summed E-state index contributed by atoms with van der Waals surface area (Å²) in [7, 11) is 0. The fraction of sp³-hybridized carbons (Fsp3) is 0.100. The minimum Gasteiger partial charge on any atom is -0.478 e. The number of aromatic amines is 1. The summed E-state index contributed by atoms with van der Waals surface area (Å²) in [4.78, 5) is 13.7. The van der Waals surface area contributed by atoms with E-state index in [1.807, 2.05) is 12.1 Å². The van der Waals surface area contributed by atoms with Crippen molar-refractivity contribution < 1.29 is 14.3 Å². The number of aromatic nitrogens is 1. The van der Waals surface area contributed by atoms with Crippen molar-refractivity contribution in [3.8, 4) is 11.5 Å². The molecule has 2 N–H and O–H groups in total. The number of rotatable bonds is 2. The molecule has 72 valence electrons. The van der Waals surface area contributed by atoms with Crippen LogP contribution in [0.4, 0.5) is 0 Å². The maximum atomic E-state index is 10.7. The van der Waals surface area contributed by atoms with E-state index >= 15 is 0 Å². The zero-order valence-electron chi connectivity index (χ0n) is 7.57. The van der Waals surface area contributed by atoms with Gasteiger partial charge in [-0.15, -0.1) is 0 Å². The van der Waals surface area contributed by atoms with Gasteiger partial charge in [0.2, 0.25) is 0 Å². The van der Waals surface area contributed by atoms with E-state index in [4.69, 9.17) is 9.52 Å². The number of carboxylic acids is 1. The van der Waals surface area contributed by atoms with Crippen LogP contribution >= 0.6 is 0 Å². The highest BCUT2D eigenvalue weighted by molar-refractivity contribution is 5.90. The fourth-order valence-corrected chi connectivity index (χ4v) is 1.31. The lowest BCUT2D eigenvalue weighted by molar-refractivity contribution is 0.0695. The molecule has 2 rings (SSSR count). The van der Waals surface area contributed by atoms with Gasteiger partial charge in [-0.1, -0.05) is 0 Å². The van der Waals surface area contributed by atoms with Gasteiger partial charge in [0.05, 0.1) is 5.69 Å². The lowest BCUT2D eigenvalue weighted by atomic mass is 10.2. The monoisotopic (exact) mass is 191 g/mol. The molecular formula is C10H9NO3. The van der Waals surface area contributed by atoms with E-state index in [1.165, 1.54) is 6.07 Å². The summed E-state index contributed by atoms with van der Waals surface area (Å²) in [6, 6.07) is 5.17. The average molecular weight is 191 g/mol. The largest absolute Gasteiger partial charge is 0.478 e. The zero-order valence-corrected chi connectivity index (χ0v) is 7.57. The topological polar surface area (TPSA) is 66.2 Å². The van der Waals surface area contributed by atoms with Crippen molar-refractivity contribution in [2.24, 2.45) is 0 Å². The van der Waals surface area contributed by atoms with Crippen molar-refractivity contribution in [2.75, 3.05) is 0 Å². The molecule has 0 unspecified atom stereocenters. The summed E-state index contributed by atoms with van der Waals surface area (Å²) in [5.41, 5.74) is 0.982. The molecule has 14 heavy (non-hydrogen) atoms. The number of carboxylic acid groups (broad SMARTS) is 1. The highest BCUT2D eigenvalue weighted by Crippen LogP contribution is 2.23. The molecule has 0 bridgehead atoms. The van der Waals surface area contributed by atoms with Crippen molar-refractivity contribution in [1.82, 2.24) is 4.98 Å². The average Bonchev–Trinajstić information content (AvgIpc) is 2.70.